The van der Waals surface area contributed by atoms with Crippen molar-refractivity contribution in [3.63, 3.8) is 0 Å². The van der Waals surface area contributed by atoms with Crippen LogP contribution in [0.15, 0.2) is 30.6 Å². The summed E-state index contributed by atoms with van der Waals surface area (Å²) in [5.41, 5.74) is 1.06. The van der Waals surface area contributed by atoms with Crippen LogP contribution in [0.3, 0.4) is 0 Å². The van der Waals surface area contributed by atoms with E-state index in [2.05, 4.69) is 27.1 Å². The monoisotopic (exact) mass is 340 g/mol. The Balaban J connectivity index is 1.43. The third-order valence-electron chi connectivity index (χ3n) is 4.47. The van der Waals surface area contributed by atoms with Crippen LogP contribution in [0.25, 0.3) is 0 Å². The molecular weight excluding hydrogens is 320 g/mol. The Morgan fingerprint density at radius 1 is 1.24 bits per heavy atom. The Hall–Kier alpha value is -2.83. The van der Waals surface area contributed by atoms with Crippen molar-refractivity contribution >= 4 is 17.5 Å². The molecule has 0 aliphatic carbocycles. The van der Waals surface area contributed by atoms with Crippen molar-refractivity contribution in [2.24, 2.45) is 5.92 Å². The highest BCUT2D eigenvalue weighted by Crippen LogP contribution is 2.34. The molecule has 1 N–H and O–H groups in total. The number of carbonyl (C=O) groups is 1. The van der Waals surface area contributed by atoms with E-state index < -0.39 is 0 Å². The summed E-state index contributed by atoms with van der Waals surface area (Å²) in [6.45, 7) is 4.37. The average molecular weight is 340 g/mol. The minimum absolute atomic E-state index is 0.206. The van der Waals surface area contributed by atoms with Crippen LogP contribution in [0.4, 0.5) is 11.6 Å². The number of piperidine rings is 1. The van der Waals surface area contributed by atoms with Crippen molar-refractivity contribution in [1.82, 2.24) is 9.97 Å². The van der Waals surface area contributed by atoms with E-state index in [0.717, 1.165) is 19.5 Å². The van der Waals surface area contributed by atoms with E-state index in [1.54, 1.807) is 30.6 Å². The molecule has 25 heavy (non-hydrogen) atoms. The molecular formula is C18H20N4O3. The summed E-state index contributed by atoms with van der Waals surface area (Å²) in [6.07, 6.45) is 5.54. The molecule has 7 heteroatoms. The van der Waals surface area contributed by atoms with Crippen LogP contribution in [0.5, 0.6) is 11.5 Å². The molecule has 0 bridgehead atoms. The van der Waals surface area contributed by atoms with E-state index in [1.165, 1.54) is 6.42 Å². The molecule has 2 aliphatic rings. The molecule has 2 aliphatic heterocycles. The summed E-state index contributed by atoms with van der Waals surface area (Å²) < 4.78 is 10.6. The van der Waals surface area contributed by atoms with E-state index in [0.29, 0.717) is 34.6 Å². The van der Waals surface area contributed by atoms with E-state index in [9.17, 15) is 4.79 Å². The smallest absolute Gasteiger partial charge is 0.258 e. The highest BCUT2D eigenvalue weighted by Gasteiger charge is 2.19. The van der Waals surface area contributed by atoms with Crippen molar-refractivity contribution in [2.75, 3.05) is 30.1 Å². The summed E-state index contributed by atoms with van der Waals surface area (Å²) in [5.74, 6) is 2.39. The first kappa shape index (κ1) is 15.7. The topological polar surface area (TPSA) is 76.6 Å². The summed E-state index contributed by atoms with van der Waals surface area (Å²) >= 11 is 0. The van der Waals surface area contributed by atoms with E-state index >= 15 is 0 Å². The number of nitrogens with one attached hydrogen (secondary N) is 1. The summed E-state index contributed by atoms with van der Waals surface area (Å²) in [4.78, 5) is 23.3. The summed E-state index contributed by atoms with van der Waals surface area (Å²) in [6, 6.07) is 5.29. The number of amides is 1. The number of fused-ring (bicyclic) bond motifs is 1. The fourth-order valence-electron chi connectivity index (χ4n) is 3.15. The van der Waals surface area contributed by atoms with Gasteiger partial charge in [0.1, 0.15) is 0 Å². The van der Waals surface area contributed by atoms with Crippen LogP contribution in [0.2, 0.25) is 0 Å². The Morgan fingerprint density at radius 2 is 2.04 bits per heavy atom. The van der Waals surface area contributed by atoms with E-state index in [1.807, 2.05) is 0 Å². The minimum Gasteiger partial charge on any atom is -0.454 e. The summed E-state index contributed by atoms with van der Waals surface area (Å²) in [5, 5.41) is 2.83. The van der Waals surface area contributed by atoms with Crippen molar-refractivity contribution < 1.29 is 14.3 Å². The molecule has 1 amide bonds. The molecule has 3 heterocycles. The zero-order chi connectivity index (χ0) is 17.2. The van der Waals surface area contributed by atoms with Gasteiger partial charge in [-0.05, 0) is 30.9 Å². The number of carbonyl (C=O) groups excluding carboxylic acids is 1. The maximum Gasteiger partial charge on any atom is 0.258 e. The fraction of sp³-hybridized carbons (Fsp3) is 0.389. The van der Waals surface area contributed by atoms with Gasteiger partial charge in [-0.3, -0.25) is 4.79 Å². The van der Waals surface area contributed by atoms with Gasteiger partial charge in [0.15, 0.2) is 11.5 Å². The molecule has 0 radical (unpaired) electrons. The van der Waals surface area contributed by atoms with Crippen LogP contribution in [0.1, 0.15) is 30.1 Å². The fourth-order valence-corrected chi connectivity index (χ4v) is 3.15. The molecule has 1 aromatic carbocycles. The van der Waals surface area contributed by atoms with Crippen LogP contribution < -0.4 is 19.7 Å². The maximum atomic E-state index is 12.4. The lowest BCUT2D eigenvalue weighted by Crippen LogP contribution is -2.35. The standard InChI is InChI=1S/C18H20N4O3/c1-12-3-2-6-22(10-12)18-19-8-13(9-20-18)17(23)21-14-4-5-15-16(7-14)25-11-24-15/h4-5,7-9,12H,2-3,6,10-11H2,1H3,(H,21,23). The van der Waals surface area contributed by atoms with Crippen LogP contribution >= 0.6 is 0 Å². The van der Waals surface area contributed by atoms with Gasteiger partial charge in [0.25, 0.3) is 5.91 Å². The SMILES string of the molecule is CC1CCCN(c2ncc(C(=O)Nc3ccc4c(c3)OCO4)cn2)C1. The van der Waals surface area contributed by atoms with Gasteiger partial charge in [-0.2, -0.15) is 0 Å². The van der Waals surface area contributed by atoms with Gasteiger partial charge in [0.2, 0.25) is 12.7 Å². The number of anilines is 2. The molecule has 7 nitrogen and oxygen atoms in total. The lowest BCUT2D eigenvalue weighted by Gasteiger charge is -2.30. The van der Waals surface area contributed by atoms with Gasteiger partial charge in [0, 0.05) is 37.2 Å². The highest BCUT2D eigenvalue weighted by molar-refractivity contribution is 6.04. The Kier molecular flexibility index (Phi) is 4.13. The second-order valence-electron chi connectivity index (χ2n) is 6.49. The third kappa shape index (κ3) is 3.35. The first-order valence-electron chi connectivity index (χ1n) is 8.47. The summed E-state index contributed by atoms with van der Waals surface area (Å²) in [7, 11) is 0. The number of rotatable bonds is 3. The lowest BCUT2D eigenvalue weighted by atomic mass is 10.0. The van der Waals surface area contributed by atoms with Gasteiger partial charge in [0.05, 0.1) is 5.56 Å². The van der Waals surface area contributed by atoms with Crippen molar-refractivity contribution in [1.29, 1.82) is 0 Å². The molecule has 0 spiro atoms. The second kappa shape index (κ2) is 6.58. The largest absolute Gasteiger partial charge is 0.454 e. The van der Waals surface area contributed by atoms with E-state index in [4.69, 9.17) is 9.47 Å². The molecule has 1 unspecified atom stereocenters. The van der Waals surface area contributed by atoms with Crippen LogP contribution in [-0.2, 0) is 0 Å². The number of aromatic nitrogens is 2. The molecule has 2 aromatic rings. The van der Waals surface area contributed by atoms with Gasteiger partial charge in [-0.25, -0.2) is 9.97 Å². The molecule has 1 saturated heterocycles. The second-order valence-corrected chi connectivity index (χ2v) is 6.49. The quantitative estimate of drug-likeness (QED) is 0.926. The number of hydrogen-bond donors (Lipinski definition) is 1. The van der Waals surface area contributed by atoms with E-state index in [-0.39, 0.29) is 12.7 Å². The van der Waals surface area contributed by atoms with Crippen molar-refractivity contribution in [3.05, 3.63) is 36.2 Å². The van der Waals surface area contributed by atoms with Gasteiger partial charge in [-0.1, -0.05) is 6.92 Å². The lowest BCUT2D eigenvalue weighted by molar-refractivity contribution is 0.102. The predicted molar refractivity (Wildman–Crippen MR) is 93.2 cm³/mol. The van der Waals surface area contributed by atoms with Crippen LogP contribution in [-0.4, -0.2) is 35.8 Å². The third-order valence-corrected chi connectivity index (χ3v) is 4.47. The molecule has 130 valence electrons. The zero-order valence-electron chi connectivity index (χ0n) is 14.1. The first-order chi connectivity index (χ1) is 12.2. The number of hydrogen-bond acceptors (Lipinski definition) is 6. The highest BCUT2D eigenvalue weighted by atomic mass is 16.7. The molecule has 4 rings (SSSR count). The van der Waals surface area contributed by atoms with Gasteiger partial charge < -0.3 is 19.7 Å². The maximum absolute atomic E-state index is 12.4. The van der Waals surface area contributed by atoms with Gasteiger partial charge in [-0.15, -0.1) is 0 Å². The Labute approximate surface area is 146 Å². The van der Waals surface area contributed by atoms with Gasteiger partial charge >= 0.3 is 0 Å². The Bertz CT molecular complexity index is 778. The molecule has 1 atom stereocenters. The Morgan fingerprint density at radius 3 is 2.84 bits per heavy atom. The van der Waals surface area contributed by atoms with Crippen molar-refractivity contribution in [2.45, 2.75) is 19.8 Å². The number of nitrogens with zero attached hydrogens (tertiary/aromatic N) is 3. The first-order valence-corrected chi connectivity index (χ1v) is 8.47. The number of ether oxygens (including phenoxy) is 2. The average Bonchev–Trinajstić information content (AvgIpc) is 3.09. The molecule has 1 aromatic heterocycles. The number of benzene rings is 1. The van der Waals surface area contributed by atoms with Crippen LogP contribution in [0, 0.1) is 5.92 Å². The molecule has 0 saturated carbocycles. The predicted octanol–water partition coefficient (Wildman–Crippen LogP) is 2.69. The van der Waals surface area contributed by atoms with Crippen molar-refractivity contribution in [3.8, 4) is 11.5 Å². The molecule has 1 fully saturated rings. The minimum atomic E-state index is -0.252. The normalized spacial score (nSPS) is 18.9. The zero-order valence-corrected chi connectivity index (χ0v) is 14.1.